The molecule has 0 amide bonds. The van der Waals surface area contributed by atoms with Gasteiger partial charge in [-0.1, -0.05) is 24.0 Å². The van der Waals surface area contributed by atoms with Gasteiger partial charge in [0.15, 0.2) is 0 Å². The highest BCUT2D eigenvalue weighted by Gasteiger charge is 1.99. The summed E-state index contributed by atoms with van der Waals surface area (Å²) in [5, 5.41) is 8.59. The number of esters is 1. The molecule has 0 aliphatic carbocycles. The second-order valence-electron chi connectivity index (χ2n) is 3.65. The molecule has 1 aromatic carbocycles. The molecule has 0 heterocycles. The van der Waals surface area contributed by atoms with Crippen LogP contribution in [-0.2, 0) is 20.7 Å². The Morgan fingerprint density at radius 1 is 1.39 bits per heavy atom. The fourth-order valence-corrected chi connectivity index (χ4v) is 1.35. The molecule has 0 unspecified atom stereocenters. The highest BCUT2D eigenvalue weighted by Crippen LogP contribution is 2.06. The molecule has 94 valence electrons. The largest absolute Gasteiger partial charge is 0.481 e. The van der Waals surface area contributed by atoms with Gasteiger partial charge >= 0.3 is 11.9 Å². The van der Waals surface area contributed by atoms with Gasteiger partial charge < -0.3 is 9.84 Å². The lowest BCUT2D eigenvalue weighted by atomic mass is 10.1. The smallest absolute Gasteiger partial charge is 0.317 e. The molecule has 0 aliphatic rings. The minimum absolute atomic E-state index is 0.0514. The van der Waals surface area contributed by atoms with Gasteiger partial charge in [-0.3, -0.25) is 9.59 Å². The maximum Gasteiger partial charge on any atom is 0.317 e. The number of methoxy groups -OCH3 is 1. The summed E-state index contributed by atoms with van der Waals surface area (Å²) < 4.78 is 4.47. The lowest BCUT2D eigenvalue weighted by Crippen LogP contribution is -1.98. The Kier molecular flexibility index (Phi) is 5.46. The molecule has 0 saturated heterocycles. The van der Waals surface area contributed by atoms with E-state index < -0.39 is 5.97 Å². The molecular weight excluding hydrogens is 232 g/mol. The van der Waals surface area contributed by atoms with Gasteiger partial charge in [0.1, 0.15) is 6.42 Å². The van der Waals surface area contributed by atoms with Gasteiger partial charge in [-0.05, 0) is 24.1 Å². The van der Waals surface area contributed by atoms with Crippen LogP contribution in [0.3, 0.4) is 0 Å². The van der Waals surface area contributed by atoms with Gasteiger partial charge in [0, 0.05) is 12.0 Å². The van der Waals surface area contributed by atoms with Gasteiger partial charge in [0.25, 0.3) is 0 Å². The molecule has 0 radical (unpaired) electrons. The van der Waals surface area contributed by atoms with Crippen LogP contribution in [0.4, 0.5) is 0 Å². The maximum absolute atomic E-state index is 10.9. The average Bonchev–Trinajstić information content (AvgIpc) is 2.36. The van der Waals surface area contributed by atoms with Crippen LogP contribution in [0.15, 0.2) is 24.3 Å². The van der Waals surface area contributed by atoms with Crippen LogP contribution in [0.5, 0.6) is 0 Å². The van der Waals surface area contributed by atoms with Gasteiger partial charge in [-0.15, -0.1) is 0 Å². The first kappa shape index (κ1) is 13.8. The van der Waals surface area contributed by atoms with Crippen molar-refractivity contribution in [2.75, 3.05) is 7.11 Å². The number of rotatable bonds is 4. The van der Waals surface area contributed by atoms with E-state index in [1.54, 1.807) is 0 Å². The van der Waals surface area contributed by atoms with Crippen LogP contribution in [0, 0.1) is 11.8 Å². The minimum atomic E-state index is -0.822. The molecule has 1 rings (SSSR count). The predicted octanol–water partition coefficient (Wildman–Crippen LogP) is 1.62. The van der Waals surface area contributed by atoms with Crippen LogP contribution in [-0.4, -0.2) is 24.2 Å². The second-order valence-corrected chi connectivity index (χ2v) is 3.65. The lowest BCUT2D eigenvalue weighted by molar-refractivity contribution is -0.139. The zero-order valence-corrected chi connectivity index (χ0v) is 10.1. The molecular formula is C14H14O4. The third kappa shape index (κ3) is 5.17. The number of aliphatic carboxylic acids is 1. The Morgan fingerprint density at radius 3 is 2.83 bits per heavy atom. The van der Waals surface area contributed by atoms with Gasteiger partial charge in [-0.2, -0.15) is 0 Å². The summed E-state index contributed by atoms with van der Waals surface area (Å²) in [6.45, 7) is 0. The lowest BCUT2D eigenvalue weighted by Gasteiger charge is -1.99. The monoisotopic (exact) mass is 246 g/mol. The number of hydrogen-bond acceptors (Lipinski definition) is 3. The third-order valence-corrected chi connectivity index (χ3v) is 2.25. The van der Waals surface area contributed by atoms with E-state index in [0.717, 1.165) is 11.1 Å². The van der Waals surface area contributed by atoms with Crippen LogP contribution < -0.4 is 0 Å². The summed E-state index contributed by atoms with van der Waals surface area (Å²) >= 11 is 0. The number of hydrogen-bond donors (Lipinski definition) is 1. The topological polar surface area (TPSA) is 63.6 Å². The molecule has 0 spiro atoms. The molecule has 4 heteroatoms. The molecule has 0 aromatic heterocycles. The van der Waals surface area contributed by atoms with Crippen molar-refractivity contribution in [3.8, 4) is 11.8 Å². The van der Waals surface area contributed by atoms with Crippen molar-refractivity contribution in [3.05, 3.63) is 35.4 Å². The number of carbonyl (C=O) groups excluding carboxylic acids is 1. The van der Waals surface area contributed by atoms with E-state index in [0.29, 0.717) is 6.42 Å². The first-order valence-electron chi connectivity index (χ1n) is 5.48. The Balaban J connectivity index is 2.64. The van der Waals surface area contributed by atoms with Gasteiger partial charge in [0.05, 0.1) is 7.11 Å². The van der Waals surface area contributed by atoms with Crippen molar-refractivity contribution in [1.82, 2.24) is 0 Å². The number of benzene rings is 1. The summed E-state index contributed by atoms with van der Waals surface area (Å²) in [5.74, 6) is 4.35. The van der Waals surface area contributed by atoms with Gasteiger partial charge in [0.2, 0.25) is 0 Å². The quantitative estimate of drug-likeness (QED) is 0.647. The Morgan fingerprint density at radius 2 is 2.17 bits per heavy atom. The van der Waals surface area contributed by atoms with Crippen LogP contribution in [0.25, 0.3) is 0 Å². The summed E-state index contributed by atoms with van der Waals surface area (Å²) in [4.78, 5) is 21.3. The SMILES string of the molecule is COC(=O)CC#Cc1cccc(CCC(=O)O)c1. The predicted molar refractivity (Wildman–Crippen MR) is 65.9 cm³/mol. The van der Waals surface area contributed by atoms with Crippen molar-refractivity contribution in [2.45, 2.75) is 19.3 Å². The molecule has 0 bridgehead atoms. The second kappa shape index (κ2) is 7.13. The fourth-order valence-electron chi connectivity index (χ4n) is 1.35. The maximum atomic E-state index is 10.9. The van der Waals surface area contributed by atoms with Crippen LogP contribution in [0.2, 0.25) is 0 Å². The van der Waals surface area contributed by atoms with Crippen LogP contribution >= 0.6 is 0 Å². The highest BCUT2D eigenvalue weighted by molar-refractivity contribution is 5.72. The van der Waals surface area contributed by atoms with Crippen LogP contribution in [0.1, 0.15) is 24.0 Å². The number of aryl methyl sites for hydroxylation is 1. The molecule has 18 heavy (non-hydrogen) atoms. The minimum Gasteiger partial charge on any atom is -0.481 e. The summed E-state index contributed by atoms with van der Waals surface area (Å²) in [5.41, 5.74) is 1.68. The zero-order chi connectivity index (χ0) is 13.4. The van der Waals surface area contributed by atoms with E-state index >= 15 is 0 Å². The van der Waals surface area contributed by atoms with E-state index in [2.05, 4.69) is 16.6 Å². The van der Waals surface area contributed by atoms with E-state index in [9.17, 15) is 9.59 Å². The first-order chi connectivity index (χ1) is 8.61. The molecule has 0 aliphatic heterocycles. The van der Waals surface area contributed by atoms with Crippen molar-refractivity contribution >= 4 is 11.9 Å². The Bertz CT molecular complexity index is 494. The van der Waals surface area contributed by atoms with Gasteiger partial charge in [-0.25, -0.2) is 0 Å². The van der Waals surface area contributed by atoms with Crippen molar-refractivity contribution < 1.29 is 19.4 Å². The van der Waals surface area contributed by atoms with Crippen molar-refractivity contribution in [3.63, 3.8) is 0 Å². The van der Waals surface area contributed by atoms with E-state index in [1.165, 1.54) is 7.11 Å². The Hall–Kier alpha value is -2.28. The molecule has 4 nitrogen and oxygen atoms in total. The summed E-state index contributed by atoms with van der Waals surface area (Å²) in [6.07, 6.45) is 0.622. The Labute approximate surface area is 106 Å². The summed E-state index contributed by atoms with van der Waals surface area (Å²) in [6, 6.07) is 7.32. The number of carbonyl (C=O) groups is 2. The zero-order valence-electron chi connectivity index (χ0n) is 10.1. The average molecular weight is 246 g/mol. The first-order valence-corrected chi connectivity index (χ1v) is 5.48. The normalized spacial score (nSPS) is 9.17. The standard InChI is InChI=1S/C14H14O4/c1-18-14(17)7-3-6-11-4-2-5-12(10-11)8-9-13(15)16/h2,4-5,10H,7-9H2,1H3,(H,15,16). The summed E-state index contributed by atoms with van der Waals surface area (Å²) in [7, 11) is 1.32. The number of carboxylic acid groups (broad SMARTS) is 1. The van der Waals surface area contributed by atoms with E-state index in [1.807, 2.05) is 24.3 Å². The molecule has 0 fully saturated rings. The molecule has 1 N–H and O–H groups in total. The third-order valence-electron chi connectivity index (χ3n) is 2.25. The molecule has 0 saturated carbocycles. The number of ether oxygens (including phenoxy) is 1. The number of carboxylic acids is 1. The van der Waals surface area contributed by atoms with E-state index in [-0.39, 0.29) is 18.8 Å². The van der Waals surface area contributed by atoms with E-state index in [4.69, 9.17) is 5.11 Å². The fraction of sp³-hybridized carbons (Fsp3) is 0.286. The van der Waals surface area contributed by atoms with Crippen molar-refractivity contribution in [1.29, 1.82) is 0 Å². The molecule has 1 aromatic rings. The molecule has 0 atom stereocenters. The highest BCUT2D eigenvalue weighted by atomic mass is 16.5. The van der Waals surface area contributed by atoms with Crippen molar-refractivity contribution in [2.24, 2.45) is 0 Å².